The number of anilines is 2. The number of unbranched alkanes of at least 4 members (excludes halogenated alkanes) is 6. The fourth-order valence-electron chi connectivity index (χ4n) is 3.26. The molecule has 2 N–H and O–H groups in total. The Morgan fingerprint density at radius 1 is 0.625 bits per heavy atom. The van der Waals surface area contributed by atoms with Crippen LogP contribution < -0.4 is 10.6 Å². The number of hydrogen-bond acceptors (Lipinski definition) is 2. The molecule has 32 heavy (non-hydrogen) atoms. The van der Waals surface area contributed by atoms with E-state index in [1.165, 1.54) is 25.7 Å². The van der Waals surface area contributed by atoms with E-state index in [1.54, 1.807) is 12.2 Å². The maximum Gasteiger partial charge on any atom is 0.248 e. The second-order valence-corrected chi connectivity index (χ2v) is 7.93. The van der Waals surface area contributed by atoms with Crippen LogP contribution in [0, 0.1) is 0 Å². The van der Waals surface area contributed by atoms with Crippen molar-refractivity contribution in [3.63, 3.8) is 0 Å². The van der Waals surface area contributed by atoms with Gasteiger partial charge in [0, 0.05) is 11.4 Å². The van der Waals surface area contributed by atoms with Crippen molar-refractivity contribution in [2.45, 2.75) is 65.2 Å². The largest absolute Gasteiger partial charge is 0.323 e. The minimum atomic E-state index is -0.103. The average Bonchev–Trinajstić information content (AvgIpc) is 2.80. The lowest BCUT2D eigenvalue weighted by Gasteiger charge is -2.07. The van der Waals surface area contributed by atoms with Crippen molar-refractivity contribution in [3.05, 3.63) is 72.8 Å². The molecule has 170 valence electrons. The minimum absolute atomic E-state index is 0.103. The fraction of sp³-hybridized carbons (Fsp3) is 0.357. The first kappa shape index (κ1) is 25.1. The first-order valence-corrected chi connectivity index (χ1v) is 11.8. The maximum absolute atomic E-state index is 12.0. The Morgan fingerprint density at radius 2 is 1.00 bits per heavy atom. The van der Waals surface area contributed by atoms with Crippen LogP contribution in [0.4, 0.5) is 11.4 Å². The van der Waals surface area contributed by atoms with E-state index in [1.807, 2.05) is 60.7 Å². The van der Waals surface area contributed by atoms with E-state index in [9.17, 15) is 9.59 Å². The van der Waals surface area contributed by atoms with Gasteiger partial charge in [-0.05, 0) is 73.2 Å². The number of hydrogen-bond donors (Lipinski definition) is 2. The second-order valence-electron chi connectivity index (χ2n) is 7.93. The van der Waals surface area contributed by atoms with Crippen LogP contribution in [0.1, 0.15) is 65.2 Å². The van der Waals surface area contributed by atoms with Gasteiger partial charge in [0.2, 0.25) is 11.8 Å². The molecule has 0 aliphatic heterocycles. The average molecular weight is 433 g/mol. The summed E-state index contributed by atoms with van der Waals surface area (Å²) in [6, 6.07) is 15.5. The lowest BCUT2D eigenvalue weighted by molar-refractivity contribution is -0.112. The fourth-order valence-corrected chi connectivity index (χ4v) is 3.26. The Labute approximate surface area is 192 Å². The molecule has 0 unspecified atom stereocenters. The van der Waals surface area contributed by atoms with Gasteiger partial charge in [0.1, 0.15) is 0 Å². The monoisotopic (exact) mass is 432 g/mol. The van der Waals surface area contributed by atoms with Gasteiger partial charge in [0.05, 0.1) is 0 Å². The van der Waals surface area contributed by atoms with Crippen LogP contribution in [0.25, 0.3) is 11.1 Å². The molecule has 0 bridgehead atoms. The van der Waals surface area contributed by atoms with Crippen molar-refractivity contribution in [1.82, 2.24) is 0 Å². The molecule has 0 saturated heterocycles. The van der Waals surface area contributed by atoms with Crippen molar-refractivity contribution in [1.29, 1.82) is 0 Å². The molecule has 0 spiro atoms. The summed E-state index contributed by atoms with van der Waals surface area (Å²) >= 11 is 0. The van der Waals surface area contributed by atoms with E-state index in [0.29, 0.717) is 0 Å². The number of amides is 2. The molecule has 0 saturated carbocycles. The number of rotatable bonds is 13. The van der Waals surface area contributed by atoms with E-state index < -0.39 is 0 Å². The Morgan fingerprint density at radius 3 is 1.34 bits per heavy atom. The standard InChI is InChI=1S/C28H36N2O2/c1-3-5-7-9-11-13-27(31)29-25-19-15-23(16-20-25)24-17-21-26(22-18-24)30-28(32)14-12-10-8-6-4-2/h11-22H,3-10H2,1-2H3,(H,29,31)(H,30,32)/b13-11+,14-12+. The third kappa shape index (κ3) is 9.78. The first-order chi connectivity index (χ1) is 15.6. The van der Waals surface area contributed by atoms with Crippen LogP contribution in [-0.4, -0.2) is 11.8 Å². The zero-order valence-corrected chi connectivity index (χ0v) is 19.4. The van der Waals surface area contributed by atoms with Gasteiger partial charge in [-0.25, -0.2) is 0 Å². The van der Waals surface area contributed by atoms with Gasteiger partial charge in [0.15, 0.2) is 0 Å². The molecule has 2 aromatic rings. The smallest absolute Gasteiger partial charge is 0.248 e. The van der Waals surface area contributed by atoms with Gasteiger partial charge in [-0.2, -0.15) is 0 Å². The zero-order chi connectivity index (χ0) is 23.0. The summed E-state index contributed by atoms with van der Waals surface area (Å²) in [5.41, 5.74) is 3.64. The predicted molar refractivity (Wildman–Crippen MR) is 136 cm³/mol. The molecule has 0 heterocycles. The summed E-state index contributed by atoms with van der Waals surface area (Å²) in [7, 11) is 0. The summed E-state index contributed by atoms with van der Waals surface area (Å²) in [4.78, 5) is 24.0. The molecule has 2 aromatic carbocycles. The molecule has 0 radical (unpaired) electrons. The van der Waals surface area contributed by atoms with Crippen LogP contribution in [0.3, 0.4) is 0 Å². The summed E-state index contributed by atoms with van der Waals surface area (Å²) in [5, 5.41) is 5.78. The van der Waals surface area contributed by atoms with Gasteiger partial charge >= 0.3 is 0 Å². The molecule has 0 aromatic heterocycles. The van der Waals surface area contributed by atoms with Crippen LogP contribution >= 0.6 is 0 Å². The highest BCUT2D eigenvalue weighted by Crippen LogP contribution is 2.23. The van der Waals surface area contributed by atoms with Crippen LogP contribution in [0.15, 0.2) is 72.8 Å². The number of nitrogens with one attached hydrogen (secondary N) is 2. The molecule has 0 aliphatic rings. The van der Waals surface area contributed by atoms with Crippen molar-refractivity contribution >= 4 is 23.2 Å². The topological polar surface area (TPSA) is 58.2 Å². The number of allylic oxidation sites excluding steroid dienone is 2. The highest BCUT2D eigenvalue weighted by Gasteiger charge is 2.02. The van der Waals surface area contributed by atoms with Crippen LogP contribution in [-0.2, 0) is 9.59 Å². The third-order valence-corrected chi connectivity index (χ3v) is 5.13. The molecule has 4 heteroatoms. The number of carbonyl (C=O) groups is 2. The zero-order valence-electron chi connectivity index (χ0n) is 19.4. The van der Waals surface area contributed by atoms with E-state index in [4.69, 9.17) is 0 Å². The van der Waals surface area contributed by atoms with E-state index in [2.05, 4.69) is 24.5 Å². The Hall–Kier alpha value is -3.14. The van der Waals surface area contributed by atoms with Crippen molar-refractivity contribution in [3.8, 4) is 11.1 Å². The molecular weight excluding hydrogens is 396 g/mol. The summed E-state index contributed by atoms with van der Waals surface area (Å²) in [6.45, 7) is 4.34. The van der Waals surface area contributed by atoms with Crippen molar-refractivity contribution in [2.75, 3.05) is 10.6 Å². The maximum atomic E-state index is 12.0. The van der Waals surface area contributed by atoms with Crippen molar-refractivity contribution in [2.24, 2.45) is 0 Å². The Bertz CT molecular complexity index is 805. The van der Waals surface area contributed by atoms with Crippen molar-refractivity contribution < 1.29 is 9.59 Å². The first-order valence-electron chi connectivity index (χ1n) is 11.8. The van der Waals surface area contributed by atoms with Gasteiger partial charge < -0.3 is 10.6 Å². The van der Waals surface area contributed by atoms with Gasteiger partial charge in [0.25, 0.3) is 0 Å². The molecule has 2 amide bonds. The van der Waals surface area contributed by atoms with Crippen LogP contribution in [0.5, 0.6) is 0 Å². The SMILES string of the molecule is CCCCC/C=C/C(=O)Nc1ccc(-c2ccc(NC(=O)/C=C/CCCCC)cc2)cc1. The minimum Gasteiger partial charge on any atom is -0.323 e. The Balaban J connectivity index is 1.84. The molecular formula is C28H36N2O2. The molecule has 0 atom stereocenters. The number of benzene rings is 2. The Kier molecular flexibility index (Phi) is 11.6. The molecule has 0 fully saturated rings. The quantitative estimate of drug-likeness (QED) is 0.254. The summed E-state index contributed by atoms with van der Waals surface area (Å²) in [5.74, 6) is -0.206. The normalized spacial score (nSPS) is 11.2. The van der Waals surface area contributed by atoms with E-state index in [0.717, 1.165) is 48.2 Å². The number of carbonyl (C=O) groups excluding carboxylic acids is 2. The second kappa shape index (κ2) is 14.8. The van der Waals surface area contributed by atoms with Gasteiger partial charge in [-0.15, -0.1) is 0 Å². The predicted octanol–water partition coefficient (Wildman–Crippen LogP) is 7.50. The van der Waals surface area contributed by atoms with Gasteiger partial charge in [-0.1, -0.05) is 75.9 Å². The summed E-state index contributed by atoms with van der Waals surface area (Å²) in [6.07, 6.45) is 15.9. The molecule has 4 nitrogen and oxygen atoms in total. The molecule has 2 rings (SSSR count). The van der Waals surface area contributed by atoms with E-state index >= 15 is 0 Å². The lowest BCUT2D eigenvalue weighted by Crippen LogP contribution is -2.07. The van der Waals surface area contributed by atoms with Gasteiger partial charge in [-0.3, -0.25) is 9.59 Å². The lowest BCUT2D eigenvalue weighted by atomic mass is 10.0. The van der Waals surface area contributed by atoms with Crippen LogP contribution in [0.2, 0.25) is 0 Å². The highest BCUT2D eigenvalue weighted by molar-refractivity contribution is 6.00. The summed E-state index contributed by atoms with van der Waals surface area (Å²) < 4.78 is 0. The molecule has 0 aliphatic carbocycles. The highest BCUT2D eigenvalue weighted by atomic mass is 16.2. The van der Waals surface area contributed by atoms with E-state index in [-0.39, 0.29) is 11.8 Å². The third-order valence-electron chi connectivity index (χ3n) is 5.13.